The predicted molar refractivity (Wildman–Crippen MR) is 103 cm³/mol. The quantitative estimate of drug-likeness (QED) is 0.350. The molecule has 0 fully saturated rings. The molecule has 168 valence electrons. The molecule has 0 aromatic heterocycles. The van der Waals surface area contributed by atoms with Crippen molar-refractivity contribution >= 4 is 27.8 Å². The van der Waals surface area contributed by atoms with Crippen molar-refractivity contribution in [2.75, 3.05) is 19.5 Å². The zero-order valence-corrected chi connectivity index (χ0v) is 17.1. The lowest BCUT2D eigenvalue weighted by molar-refractivity contribution is -0.155. The molecule has 0 saturated carbocycles. The van der Waals surface area contributed by atoms with E-state index in [0.717, 1.165) is 0 Å². The number of Topliss-reactive ketones (excluding diaryl/α,β-unsaturated/α-hetero) is 1. The van der Waals surface area contributed by atoms with Gasteiger partial charge in [-0.2, -0.15) is 8.42 Å². The normalized spacial score (nSPS) is 13.4. The molecule has 0 aromatic rings. The number of ketones is 1. The second kappa shape index (κ2) is 13.6. The molecule has 2 atom stereocenters. The van der Waals surface area contributed by atoms with E-state index in [9.17, 15) is 22.8 Å². The maximum atomic E-state index is 12.5. The van der Waals surface area contributed by atoms with Crippen LogP contribution in [0.5, 0.6) is 0 Å². The second-order valence-electron chi connectivity index (χ2n) is 6.87. The van der Waals surface area contributed by atoms with Crippen LogP contribution in [0.3, 0.4) is 0 Å². The molecule has 9 nitrogen and oxygen atoms in total. The maximum absolute atomic E-state index is 12.5. The van der Waals surface area contributed by atoms with E-state index in [2.05, 4.69) is 5.32 Å². The van der Waals surface area contributed by atoms with Crippen LogP contribution in [0.2, 0.25) is 0 Å². The Labute approximate surface area is 166 Å². The van der Waals surface area contributed by atoms with E-state index in [4.69, 9.17) is 14.0 Å². The molecule has 28 heavy (non-hydrogen) atoms. The largest absolute Gasteiger partial charge is 0.464 e. The SMILES string of the molecule is C.COC(C)C(=O)OCCC(CCC(C)=O)C(=O)NC(C)(C)CS(=O)(=O)O.F. The van der Waals surface area contributed by atoms with Crippen molar-refractivity contribution in [2.45, 2.75) is 66.0 Å². The molecule has 0 bridgehead atoms. The minimum atomic E-state index is -4.27. The van der Waals surface area contributed by atoms with Crippen LogP contribution in [0.1, 0.15) is 54.4 Å². The standard InChI is InChI=1S/C16H29NO8S.CH4.FH/c1-11(18)6-7-13(8-9-25-15(20)12(2)24-5)14(19)17-16(3,4)10-26(21,22)23;;/h12-13H,6-10H2,1-5H3,(H,17,19)(H,21,22,23);1H4;1H. The number of nitrogens with one attached hydrogen (secondary N) is 1. The first kappa shape index (κ1) is 31.1. The van der Waals surface area contributed by atoms with Crippen LogP contribution in [0, 0.1) is 5.92 Å². The van der Waals surface area contributed by atoms with Gasteiger partial charge in [-0.05, 0) is 40.5 Å². The number of ether oxygens (including phenoxy) is 2. The van der Waals surface area contributed by atoms with E-state index in [1.54, 1.807) is 0 Å². The smallest absolute Gasteiger partial charge is 0.334 e. The summed E-state index contributed by atoms with van der Waals surface area (Å²) in [5, 5.41) is 2.55. The van der Waals surface area contributed by atoms with Gasteiger partial charge in [0.1, 0.15) is 5.78 Å². The van der Waals surface area contributed by atoms with Gasteiger partial charge in [-0.1, -0.05) is 7.43 Å². The molecule has 0 spiro atoms. The zero-order valence-electron chi connectivity index (χ0n) is 16.3. The number of hydrogen-bond donors (Lipinski definition) is 2. The Bertz CT molecular complexity index is 606. The number of carbonyl (C=O) groups excluding carboxylic acids is 3. The first-order chi connectivity index (χ1) is 11.8. The van der Waals surface area contributed by atoms with Crippen molar-refractivity contribution in [1.82, 2.24) is 5.32 Å². The van der Waals surface area contributed by atoms with E-state index >= 15 is 0 Å². The van der Waals surface area contributed by atoms with E-state index < -0.39 is 45.3 Å². The lowest BCUT2D eigenvalue weighted by atomic mass is 9.96. The highest BCUT2D eigenvalue weighted by molar-refractivity contribution is 7.85. The molecule has 0 radical (unpaired) electrons. The minimum absolute atomic E-state index is 0. The number of methoxy groups -OCH3 is 1. The lowest BCUT2D eigenvalue weighted by Crippen LogP contribution is -2.50. The minimum Gasteiger partial charge on any atom is -0.464 e. The number of amides is 1. The van der Waals surface area contributed by atoms with Crippen molar-refractivity contribution in [3.63, 3.8) is 0 Å². The van der Waals surface area contributed by atoms with E-state index in [1.807, 2.05) is 0 Å². The predicted octanol–water partition coefficient (Wildman–Crippen LogP) is 1.51. The van der Waals surface area contributed by atoms with Crippen LogP contribution in [0.4, 0.5) is 4.70 Å². The fourth-order valence-electron chi connectivity index (χ4n) is 2.23. The number of carbonyl (C=O) groups is 3. The van der Waals surface area contributed by atoms with Gasteiger partial charge in [-0.3, -0.25) is 14.1 Å². The molecule has 2 unspecified atom stereocenters. The lowest BCUT2D eigenvalue weighted by Gasteiger charge is -2.27. The summed E-state index contributed by atoms with van der Waals surface area (Å²) in [6.45, 7) is 5.81. The highest BCUT2D eigenvalue weighted by Crippen LogP contribution is 2.16. The van der Waals surface area contributed by atoms with Gasteiger partial charge in [0.05, 0.1) is 17.9 Å². The average molecular weight is 432 g/mol. The third-order valence-corrected chi connectivity index (χ3v) is 4.70. The highest BCUT2D eigenvalue weighted by Gasteiger charge is 2.30. The number of halogens is 1. The summed E-state index contributed by atoms with van der Waals surface area (Å²) in [5.41, 5.74) is -1.19. The first-order valence-corrected chi connectivity index (χ1v) is 9.84. The highest BCUT2D eigenvalue weighted by atomic mass is 32.2. The Kier molecular flexibility index (Phi) is 15.1. The molecule has 0 aliphatic heterocycles. The van der Waals surface area contributed by atoms with Crippen molar-refractivity contribution < 1.29 is 41.5 Å². The van der Waals surface area contributed by atoms with Crippen LogP contribution >= 0.6 is 0 Å². The monoisotopic (exact) mass is 431 g/mol. The van der Waals surface area contributed by atoms with Crippen LogP contribution in [-0.4, -0.2) is 61.7 Å². The third kappa shape index (κ3) is 14.5. The Hall–Kier alpha value is -1.59. The summed E-state index contributed by atoms with van der Waals surface area (Å²) in [6.07, 6.45) is -0.156. The zero-order chi connectivity index (χ0) is 20.5. The van der Waals surface area contributed by atoms with Crippen LogP contribution in [0.15, 0.2) is 0 Å². The first-order valence-electron chi connectivity index (χ1n) is 8.23. The fraction of sp³-hybridized carbons (Fsp3) is 0.824. The molecule has 0 aromatic carbocycles. The molecule has 0 rings (SSSR count). The van der Waals surface area contributed by atoms with Gasteiger partial charge >= 0.3 is 5.97 Å². The third-order valence-electron chi connectivity index (χ3n) is 3.62. The molecular weight excluding hydrogens is 397 g/mol. The van der Waals surface area contributed by atoms with E-state index in [0.29, 0.717) is 0 Å². The van der Waals surface area contributed by atoms with E-state index in [1.165, 1.54) is 34.8 Å². The van der Waals surface area contributed by atoms with Gasteiger partial charge in [0, 0.05) is 19.4 Å². The van der Waals surface area contributed by atoms with E-state index in [-0.39, 0.29) is 43.8 Å². The number of esters is 1. The summed E-state index contributed by atoms with van der Waals surface area (Å²) in [4.78, 5) is 35.2. The molecular formula is C17H34FNO8S. The van der Waals surface area contributed by atoms with Crippen molar-refractivity contribution in [3.05, 3.63) is 0 Å². The Balaban J connectivity index is -0.00000312. The Morgan fingerprint density at radius 2 is 1.71 bits per heavy atom. The van der Waals surface area contributed by atoms with Gasteiger partial charge in [0.15, 0.2) is 6.10 Å². The van der Waals surface area contributed by atoms with Crippen LogP contribution in [-0.2, 0) is 34.0 Å². The molecule has 0 aliphatic rings. The average Bonchev–Trinajstić information content (AvgIpc) is 2.45. The van der Waals surface area contributed by atoms with Crippen molar-refractivity contribution in [1.29, 1.82) is 0 Å². The van der Waals surface area contributed by atoms with Crippen LogP contribution in [0.25, 0.3) is 0 Å². The molecule has 1 amide bonds. The molecule has 0 heterocycles. The molecule has 0 saturated heterocycles. The topological polar surface area (TPSA) is 136 Å². The molecule has 11 heteroatoms. The van der Waals surface area contributed by atoms with Crippen molar-refractivity contribution in [2.24, 2.45) is 5.92 Å². The molecule has 0 aliphatic carbocycles. The summed E-state index contributed by atoms with van der Waals surface area (Å²) in [7, 11) is -2.90. The van der Waals surface area contributed by atoms with Crippen LogP contribution < -0.4 is 5.32 Å². The summed E-state index contributed by atoms with van der Waals surface area (Å²) >= 11 is 0. The summed E-state index contributed by atoms with van der Waals surface area (Å²) < 4.78 is 40.9. The fourth-order valence-corrected chi connectivity index (χ4v) is 3.21. The van der Waals surface area contributed by atoms with Gasteiger partial charge in [0.2, 0.25) is 5.91 Å². The molecule has 2 N–H and O–H groups in total. The Morgan fingerprint density at radius 3 is 2.14 bits per heavy atom. The van der Waals surface area contributed by atoms with Gasteiger partial charge in [-0.15, -0.1) is 0 Å². The number of rotatable bonds is 12. The number of hydrogen-bond acceptors (Lipinski definition) is 7. The summed E-state index contributed by atoms with van der Waals surface area (Å²) in [5.74, 6) is -2.43. The van der Waals surface area contributed by atoms with Gasteiger partial charge in [-0.25, -0.2) is 4.79 Å². The van der Waals surface area contributed by atoms with Gasteiger partial charge in [0.25, 0.3) is 10.1 Å². The maximum Gasteiger partial charge on any atom is 0.334 e. The second-order valence-corrected chi connectivity index (χ2v) is 8.32. The summed E-state index contributed by atoms with van der Waals surface area (Å²) in [6, 6.07) is 0. The van der Waals surface area contributed by atoms with Gasteiger partial charge < -0.3 is 19.6 Å². The van der Waals surface area contributed by atoms with Crippen molar-refractivity contribution in [3.8, 4) is 0 Å². The Morgan fingerprint density at radius 1 is 1.18 bits per heavy atom.